The molecule has 1 aliphatic rings. The van der Waals surface area contributed by atoms with E-state index in [1.54, 1.807) is 13.3 Å². The highest BCUT2D eigenvalue weighted by Crippen LogP contribution is 2.24. The van der Waals surface area contributed by atoms with Gasteiger partial charge in [0.25, 0.3) is 0 Å². The lowest BCUT2D eigenvalue weighted by molar-refractivity contribution is 0.146. The van der Waals surface area contributed by atoms with Crippen molar-refractivity contribution in [2.45, 2.75) is 38.4 Å². The summed E-state index contributed by atoms with van der Waals surface area (Å²) in [5, 5.41) is 6.78. The molecule has 2 N–H and O–H groups in total. The van der Waals surface area contributed by atoms with Crippen molar-refractivity contribution in [2.75, 3.05) is 40.8 Å². The van der Waals surface area contributed by atoms with Crippen LogP contribution in [0.5, 0.6) is 0 Å². The van der Waals surface area contributed by atoms with Crippen LogP contribution in [-0.4, -0.2) is 56.5 Å². The van der Waals surface area contributed by atoms with E-state index >= 15 is 0 Å². The highest BCUT2D eigenvalue weighted by Gasteiger charge is 2.24. The van der Waals surface area contributed by atoms with Crippen molar-refractivity contribution in [1.29, 1.82) is 0 Å². The van der Waals surface area contributed by atoms with E-state index in [0.29, 0.717) is 25.2 Å². The summed E-state index contributed by atoms with van der Waals surface area (Å²) in [5.74, 6) is 1.53. The molecule has 2 heterocycles. The van der Waals surface area contributed by atoms with Crippen LogP contribution in [0, 0.1) is 5.82 Å². The molecule has 0 amide bonds. The fourth-order valence-corrected chi connectivity index (χ4v) is 3.92. The van der Waals surface area contributed by atoms with Crippen LogP contribution in [0.25, 0.3) is 0 Å². The van der Waals surface area contributed by atoms with Gasteiger partial charge in [-0.25, -0.2) is 4.39 Å². The molecule has 3 rings (SSSR count). The Hall–Kier alpha value is -2.38. The molecule has 1 saturated heterocycles. The second-order valence-electron chi connectivity index (χ2n) is 8.10. The Kier molecular flexibility index (Phi) is 8.28. The van der Waals surface area contributed by atoms with E-state index in [1.807, 2.05) is 43.3 Å². The predicted molar refractivity (Wildman–Crippen MR) is 119 cm³/mol. The Morgan fingerprint density at radius 3 is 2.67 bits per heavy atom. The van der Waals surface area contributed by atoms with Gasteiger partial charge in [0.15, 0.2) is 5.96 Å². The van der Waals surface area contributed by atoms with Crippen molar-refractivity contribution in [2.24, 2.45) is 4.99 Å². The first-order chi connectivity index (χ1) is 14.6. The van der Waals surface area contributed by atoms with Gasteiger partial charge in [-0.15, -0.1) is 0 Å². The molecule has 1 unspecified atom stereocenters. The Morgan fingerprint density at radius 1 is 1.20 bits per heavy atom. The third kappa shape index (κ3) is 6.31. The van der Waals surface area contributed by atoms with Gasteiger partial charge in [0.05, 0.1) is 12.3 Å². The van der Waals surface area contributed by atoms with E-state index in [1.165, 1.54) is 25.3 Å². The monoisotopic (exact) mass is 415 g/mol. The molecule has 1 aliphatic heterocycles. The summed E-state index contributed by atoms with van der Waals surface area (Å²) < 4.78 is 19.7. The Labute approximate surface area is 179 Å². The van der Waals surface area contributed by atoms with Gasteiger partial charge >= 0.3 is 0 Å². The van der Waals surface area contributed by atoms with Crippen LogP contribution in [0.15, 0.2) is 46.0 Å². The van der Waals surface area contributed by atoms with Crippen LogP contribution in [0.1, 0.15) is 42.2 Å². The van der Waals surface area contributed by atoms with Crippen molar-refractivity contribution in [3.63, 3.8) is 0 Å². The normalized spacial score (nSPS) is 16.6. The molecule has 1 aromatic heterocycles. The zero-order chi connectivity index (χ0) is 21.3. The number of rotatable bonds is 8. The number of likely N-dealkylation sites (tertiary alicyclic amines) is 1. The number of nitrogens with zero attached hydrogens (tertiary/aromatic N) is 3. The number of benzene rings is 1. The number of aliphatic imine (C=N–C) groups is 1. The van der Waals surface area contributed by atoms with Crippen LogP contribution >= 0.6 is 0 Å². The summed E-state index contributed by atoms with van der Waals surface area (Å²) in [6, 6.07) is 9.43. The summed E-state index contributed by atoms with van der Waals surface area (Å²) in [6.07, 6.45) is 5.48. The van der Waals surface area contributed by atoms with Gasteiger partial charge in [-0.1, -0.05) is 12.5 Å². The summed E-state index contributed by atoms with van der Waals surface area (Å²) in [6.45, 7) is 4.04. The van der Waals surface area contributed by atoms with Gasteiger partial charge in [-0.05, 0) is 69.9 Å². The number of hydrogen-bond donors (Lipinski definition) is 2. The van der Waals surface area contributed by atoms with Crippen LogP contribution < -0.4 is 10.6 Å². The van der Waals surface area contributed by atoms with Crippen molar-refractivity contribution in [3.05, 3.63) is 59.3 Å². The molecule has 0 aliphatic carbocycles. The van der Waals surface area contributed by atoms with Crippen molar-refractivity contribution in [1.82, 2.24) is 20.4 Å². The van der Waals surface area contributed by atoms with Crippen LogP contribution in [0.2, 0.25) is 0 Å². The maximum Gasteiger partial charge on any atom is 0.191 e. The number of guanidine groups is 1. The van der Waals surface area contributed by atoms with Crippen LogP contribution in [0.3, 0.4) is 0 Å². The molecule has 2 aromatic rings. The maximum absolute atomic E-state index is 14.0. The molecule has 7 heteroatoms. The van der Waals surface area contributed by atoms with Crippen LogP contribution in [-0.2, 0) is 13.1 Å². The predicted octanol–water partition coefficient (Wildman–Crippen LogP) is 3.37. The van der Waals surface area contributed by atoms with Crippen molar-refractivity contribution >= 4 is 5.96 Å². The van der Waals surface area contributed by atoms with Gasteiger partial charge < -0.3 is 20.0 Å². The molecule has 164 valence electrons. The molecule has 6 nitrogen and oxygen atoms in total. The minimum absolute atomic E-state index is 0.169. The lowest BCUT2D eigenvalue weighted by Crippen LogP contribution is -2.44. The first-order valence-electron chi connectivity index (χ1n) is 10.7. The molecule has 0 radical (unpaired) electrons. The van der Waals surface area contributed by atoms with Gasteiger partial charge in [0.1, 0.15) is 11.6 Å². The smallest absolute Gasteiger partial charge is 0.191 e. The zero-order valence-corrected chi connectivity index (χ0v) is 18.3. The number of nitrogens with one attached hydrogen (secondary N) is 2. The Bertz CT molecular complexity index is 800. The third-order valence-electron chi connectivity index (χ3n) is 5.45. The van der Waals surface area contributed by atoms with Gasteiger partial charge in [0.2, 0.25) is 0 Å². The first-order valence-corrected chi connectivity index (χ1v) is 10.7. The first kappa shape index (κ1) is 22.3. The highest BCUT2D eigenvalue weighted by atomic mass is 19.1. The largest absolute Gasteiger partial charge is 0.468 e. The fraction of sp³-hybridized carbons (Fsp3) is 0.522. The minimum Gasteiger partial charge on any atom is -0.468 e. The lowest BCUT2D eigenvalue weighted by atomic mass is 10.1. The topological polar surface area (TPSA) is 56.0 Å². The molecule has 1 atom stereocenters. The second kappa shape index (κ2) is 11.1. The van der Waals surface area contributed by atoms with Crippen LogP contribution in [0.4, 0.5) is 4.39 Å². The molecule has 30 heavy (non-hydrogen) atoms. The summed E-state index contributed by atoms with van der Waals surface area (Å²) in [7, 11) is 5.64. The van der Waals surface area contributed by atoms with Crippen molar-refractivity contribution < 1.29 is 8.81 Å². The highest BCUT2D eigenvalue weighted by molar-refractivity contribution is 5.79. The standard InChI is InChI=1S/C23H34FN5O/c1-25-23(26-15-18-9-10-20(24)19(14-18)17-28(2)3)27-16-21(22-8-7-13-30-22)29-11-5-4-6-12-29/h7-10,13-14,21H,4-6,11-12,15-17H2,1-3H3,(H2,25,26,27). The number of halogens is 1. The lowest BCUT2D eigenvalue weighted by Gasteiger charge is -2.33. The quantitative estimate of drug-likeness (QED) is 0.511. The SMILES string of the molecule is CN=C(NCc1ccc(F)c(CN(C)C)c1)NCC(c1ccco1)N1CCCCC1. The average molecular weight is 416 g/mol. The number of piperidine rings is 1. The van der Waals surface area contributed by atoms with E-state index in [4.69, 9.17) is 4.42 Å². The molecule has 0 spiro atoms. The maximum atomic E-state index is 14.0. The Morgan fingerprint density at radius 2 is 2.00 bits per heavy atom. The molecule has 0 saturated carbocycles. The minimum atomic E-state index is -0.169. The number of furan rings is 1. The molecular formula is C23H34FN5O. The number of hydrogen-bond acceptors (Lipinski definition) is 4. The third-order valence-corrected chi connectivity index (χ3v) is 5.45. The Balaban J connectivity index is 1.58. The van der Waals surface area contributed by atoms with Gasteiger partial charge in [-0.2, -0.15) is 0 Å². The van der Waals surface area contributed by atoms with E-state index < -0.39 is 0 Å². The fourth-order valence-electron chi connectivity index (χ4n) is 3.92. The molecule has 1 aromatic carbocycles. The summed E-state index contributed by atoms with van der Waals surface area (Å²) >= 11 is 0. The van der Waals surface area contributed by atoms with E-state index in [0.717, 1.165) is 30.4 Å². The molecule has 1 fully saturated rings. The van der Waals surface area contributed by atoms with Gasteiger partial charge in [-0.3, -0.25) is 9.89 Å². The van der Waals surface area contributed by atoms with Crippen molar-refractivity contribution in [3.8, 4) is 0 Å². The average Bonchev–Trinajstić information content (AvgIpc) is 3.27. The second-order valence-corrected chi connectivity index (χ2v) is 8.10. The summed E-state index contributed by atoms with van der Waals surface area (Å²) in [5.41, 5.74) is 1.72. The van der Waals surface area contributed by atoms with E-state index in [2.05, 4.69) is 20.5 Å². The molecule has 0 bridgehead atoms. The van der Waals surface area contributed by atoms with E-state index in [9.17, 15) is 4.39 Å². The summed E-state index contributed by atoms with van der Waals surface area (Å²) in [4.78, 5) is 8.80. The van der Waals surface area contributed by atoms with E-state index in [-0.39, 0.29) is 11.9 Å². The zero-order valence-electron chi connectivity index (χ0n) is 18.3. The van der Waals surface area contributed by atoms with Gasteiger partial charge in [0, 0.05) is 32.2 Å². The molecular weight excluding hydrogens is 381 g/mol.